The number of carbonyl (C=O) groups excluding carboxylic acids is 2. The van der Waals surface area contributed by atoms with Gasteiger partial charge < -0.3 is 15.2 Å². The first-order valence-electron chi connectivity index (χ1n) is 7.21. The van der Waals surface area contributed by atoms with Crippen LogP contribution in [0.25, 0.3) is 0 Å². The molecule has 0 aliphatic rings. The van der Waals surface area contributed by atoms with E-state index in [1.54, 1.807) is 24.3 Å². The zero-order valence-corrected chi connectivity index (χ0v) is 13.2. The minimum absolute atomic E-state index is 0.188. The van der Waals surface area contributed by atoms with Crippen molar-refractivity contribution in [1.29, 1.82) is 0 Å². The van der Waals surface area contributed by atoms with Crippen LogP contribution in [0.15, 0.2) is 42.5 Å². The molecule has 0 bridgehead atoms. The van der Waals surface area contributed by atoms with Gasteiger partial charge in [0.1, 0.15) is 12.4 Å². The van der Waals surface area contributed by atoms with Crippen LogP contribution in [0.1, 0.15) is 27.0 Å². The fraction of sp³-hybridized carbons (Fsp3) is 0.222. The first-order chi connectivity index (χ1) is 11.0. The molecule has 23 heavy (non-hydrogen) atoms. The molecule has 0 atom stereocenters. The Morgan fingerprint density at radius 3 is 2.57 bits per heavy atom. The Balaban J connectivity index is 1.91. The zero-order valence-electron chi connectivity index (χ0n) is 13.2. The minimum Gasteiger partial charge on any atom is -0.481 e. The largest absolute Gasteiger partial charge is 0.481 e. The molecule has 5 nitrogen and oxygen atoms in total. The summed E-state index contributed by atoms with van der Waals surface area (Å²) in [7, 11) is 0. The molecule has 120 valence electrons. The van der Waals surface area contributed by atoms with Gasteiger partial charge in [-0.1, -0.05) is 35.9 Å². The second-order valence-corrected chi connectivity index (χ2v) is 5.24. The maximum absolute atomic E-state index is 11.8. The van der Waals surface area contributed by atoms with Gasteiger partial charge in [0, 0.05) is 0 Å². The van der Waals surface area contributed by atoms with Crippen LogP contribution in [0.3, 0.4) is 0 Å². The van der Waals surface area contributed by atoms with Crippen LogP contribution in [0.5, 0.6) is 5.75 Å². The number of esters is 1. The van der Waals surface area contributed by atoms with Crippen LogP contribution in [0.2, 0.25) is 0 Å². The molecule has 0 saturated carbocycles. The summed E-state index contributed by atoms with van der Waals surface area (Å²) >= 11 is 0. The van der Waals surface area contributed by atoms with Crippen LogP contribution in [0.4, 0.5) is 0 Å². The van der Waals surface area contributed by atoms with Gasteiger partial charge in [-0.3, -0.25) is 4.79 Å². The lowest BCUT2D eigenvalue weighted by molar-refractivity contribution is -0.147. The monoisotopic (exact) mass is 313 g/mol. The third kappa shape index (κ3) is 4.57. The predicted octanol–water partition coefficient (Wildman–Crippen LogP) is 2.52. The molecule has 2 aromatic carbocycles. The molecule has 0 unspecified atom stereocenters. The molecule has 0 aliphatic carbocycles. The van der Waals surface area contributed by atoms with E-state index < -0.39 is 11.9 Å². The van der Waals surface area contributed by atoms with Crippen molar-refractivity contribution >= 4 is 11.9 Å². The molecule has 2 rings (SSSR count). The van der Waals surface area contributed by atoms with Crippen molar-refractivity contribution in [3.8, 4) is 5.75 Å². The lowest BCUT2D eigenvalue weighted by atomic mass is 10.1. The number of nitrogens with two attached hydrogens (primary N) is 1. The molecular formula is C18H19NO4. The third-order valence-corrected chi connectivity index (χ3v) is 3.39. The van der Waals surface area contributed by atoms with Crippen molar-refractivity contribution in [1.82, 2.24) is 0 Å². The molecule has 0 spiro atoms. The Morgan fingerprint density at radius 2 is 1.83 bits per heavy atom. The first-order valence-corrected chi connectivity index (χ1v) is 7.21. The predicted molar refractivity (Wildman–Crippen MR) is 86.2 cm³/mol. The summed E-state index contributed by atoms with van der Waals surface area (Å²) in [5.41, 5.74) is 8.60. The Bertz CT molecular complexity index is 725. The second kappa shape index (κ2) is 7.45. The van der Waals surface area contributed by atoms with E-state index in [4.69, 9.17) is 15.2 Å². The van der Waals surface area contributed by atoms with E-state index in [9.17, 15) is 9.59 Å². The van der Waals surface area contributed by atoms with Gasteiger partial charge >= 0.3 is 5.97 Å². The molecule has 0 aromatic heterocycles. The number of aryl methyl sites for hydroxylation is 2. The highest BCUT2D eigenvalue weighted by Gasteiger charge is 2.11. The molecule has 0 radical (unpaired) electrons. The average Bonchev–Trinajstić information content (AvgIpc) is 2.54. The van der Waals surface area contributed by atoms with E-state index >= 15 is 0 Å². The third-order valence-electron chi connectivity index (χ3n) is 3.39. The van der Waals surface area contributed by atoms with E-state index in [0.717, 1.165) is 16.7 Å². The normalized spacial score (nSPS) is 10.2. The Morgan fingerprint density at radius 1 is 1.09 bits per heavy atom. The fourth-order valence-electron chi connectivity index (χ4n) is 2.09. The van der Waals surface area contributed by atoms with Crippen molar-refractivity contribution in [3.05, 3.63) is 64.7 Å². The number of para-hydroxylation sites is 1. The molecule has 2 N–H and O–H groups in total. The second-order valence-electron chi connectivity index (χ2n) is 5.24. The van der Waals surface area contributed by atoms with Gasteiger partial charge in [0.15, 0.2) is 6.61 Å². The average molecular weight is 313 g/mol. The highest BCUT2D eigenvalue weighted by atomic mass is 16.6. The number of benzene rings is 2. The van der Waals surface area contributed by atoms with E-state index in [-0.39, 0.29) is 24.5 Å². The van der Waals surface area contributed by atoms with Gasteiger partial charge in [0.25, 0.3) is 5.91 Å². The van der Waals surface area contributed by atoms with E-state index in [0.29, 0.717) is 0 Å². The molecule has 5 heteroatoms. The number of amides is 1. The number of hydrogen-bond donors (Lipinski definition) is 1. The molecule has 0 fully saturated rings. The minimum atomic E-state index is -0.607. The van der Waals surface area contributed by atoms with Gasteiger partial charge in [-0.25, -0.2) is 4.79 Å². The van der Waals surface area contributed by atoms with Gasteiger partial charge in [-0.2, -0.15) is 0 Å². The smallest absolute Gasteiger partial charge is 0.344 e. The first kappa shape index (κ1) is 16.5. The lowest BCUT2D eigenvalue weighted by Crippen LogP contribution is -2.18. The summed E-state index contributed by atoms with van der Waals surface area (Å²) in [6.45, 7) is 3.85. The van der Waals surface area contributed by atoms with Crippen molar-refractivity contribution in [2.45, 2.75) is 20.5 Å². The maximum atomic E-state index is 11.8. The number of primary amides is 1. The number of rotatable bonds is 6. The Hall–Kier alpha value is -2.82. The van der Waals surface area contributed by atoms with Crippen LogP contribution in [-0.2, 0) is 16.1 Å². The van der Waals surface area contributed by atoms with Crippen LogP contribution in [-0.4, -0.2) is 18.5 Å². The Labute approximate surface area is 135 Å². The fourth-order valence-corrected chi connectivity index (χ4v) is 2.09. The van der Waals surface area contributed by atoms with Crippen molar-refractivity contribution in [2.24, 2.45) is 5.73 Å². The lowest BCUT2D eigenvalue weighted by Gasteiger charge is -2.11. The Kier molecular flexibility index (Phi) is 5.36. The SMILES string of the molecule is Cc1ccc(C)c(COC(=O)COc2ccccc2C(N)=O)c1. The van der Waals surface area contributed by atoms with Crippen molar-refractivity contribution < 1.29 is 19.1 Å². The molecule has 2 aromatic rings. The van der Waals surface area contributed by atoms with E-state index in [1.165, 1.54) is 0 Å². The maximum Gasteiger partial charge on any atom is 0.344 e. The topological polar surface area (TPSA) is 78.6 Å². The summed E-state index contributed by atoms with van der Waals surface area (Å²) in [6, 6.07) is 12.5. The van der Waals surface area contributed by atoms with Crippen molar-refractivity contribution in [2.75, 3.05) is 6.61 Å². The van der Waals surface area contributed by atoms with Gasteiger partial charge in [0.2, 0.25) is 0 Å². The highest BCUT2D eigenvalue weighted by molar-refractivity contribution is 5.95. The van der Waals surface area contributed by atoms with Gasteiger partial charge in [-0.05, 0) is 37.1 Å². The summed E-state index contributed by atoms with van der Waals surface area (Å²) in [5.74, 6) is -0.849. The molecule has 0 heterocycles. The molecule has 0 aliphatic heterocycles. The summed E-state index contributed by atoms with van der Waals surface area (Å²) in [6.07, 6.45) is 0. The van der Waals surface area contributed by atoms with Crippen LogP contribution >= 0.6 is 0 Å². The van der Waals surface area contributed by atoms with E-state index in [2.05, 4.69) is 0 Å². The number of ether oxygens (including phenoxy) is 2. The van der Waals surface area contributed by atoms with Crippen molar-refractivity contribution in [3.63, 3.8) is 0 Å². The van der Waals surface area contributed by atoms with Gasteiger partial charge in [0.05, 0.1) is 5.56 Å². The zero-order chi connectivity index (χ0) is 16.8. The summed E-state index contributed by atoms with van der Waals surface area (Å²) in [4.78, 5) is 23.1. The number of carbonyl (C=O) groups is 2. The van der Waals surface area contributed by atoms with Crippen LogP contribution in [0, 0.1) is 13.8 Å². The van der Waals surface area contributed by atoms with E-state index in [1.807, 2.05) is 32.0 Å². The van der Waals surface area contributed by atoms with Crippen LogP contribution < -0.4 is 10.5 Å². The summed E-state index contributed by atoms with van der Waals surface area (Å²) in [5, 5.41) is 0. The number of hydrogen-bond acceptors (Lipinski definition) is 4. The quantitative estimate of drug-likeness (QED) is 0.831. The molecular weight excluding hydrogens is 294 g/mol. The molecule has 1 amide bonds. The molecule has 0 saturated heterocycles. The summed E-state index contributed by atoms with van der Waals surface area (Å²) < 4.78 is 10.5. The standard InChI is InChI=1S/C18H19NO4/c1-12-7-8-13(2)14(9-12)10-23-17(20)11-22-16-6-4-3-5-15(16)18(19)21/h3-9H,10-11H2,1-2H3,(H2,19,21). The highest BCUT2D eigenvalue weighted by Crippen LogP contribution is 2.17. The van der Waals surface area contributed by atoms with Gasteiger partial charge in [-0.15, -0.1) is 0 Å².